The molecule has 1 amide bonds. The van der Waals surface area contributed by atoms with Crippen molar-refractivity contribution >= 4 is 11.6 Å². The van der Waals surface area contributed by atoms with Gasteiger partial charge in [0, 0.05) is 19.7 Å². The minimum Gasteiger partial charge on any atom is -0.397 e. The van der Waals surface area contributed by atoms with E-state index in [0.29, 0.717) is 16.8 Å². The maximum Gasteiger partial charge on any atom is 0.256 e. The minimum atomic E-state index is -0.148. The molecule has 0 spiro atoms. The smallest absolute Gasteiger partial charge is 0.256 e. The largest absolute Gasteiger partial charge is 0.397 e. The van der Waals surface area contributed by atoms with Gasteiger partial charge in [-0.15, -0.1) is 0 Å². The number of nitrogens with zero attached hydrogens (tertiary/aromatic N) is 2. The summed E-state index contributed by atoms with van der Waals surface area (Å²) in [4.78, 5) is 17.6. The van der Waals surface area contributed by atoms with E-state index in [9.17, 15) is 4.79 Å². The third-order valence-corrected chi connectivity index (χ3v) is 2.60. The van der Waals surface area contributed by atoms with Crippen LogP contribution in [-0.4, -0.2) is 29.9 Å². The molecule has 91 valence electrons. The first-order valence-electron chi connectivity index (χ1n) is 5.54. The van der Waals surface area contributed by atoms with Crippen molar-refractivity contribution in [3.05, 3.63) is 48.3 Å². The van der Waals surface area contributed by atoms with Gasteiger partial charge in [0.05, 0.1) is 23.6 Å². The lowest BCUT2D eigenvalue weighted by Gasteiger charge is -2.15. The second-order valence-electron chi connectivity index (χ2n) is 4.14. The van der Waals surface area contributed by atoms with Crippen LogP contribution in [0.5, 0.6) is 0 Å². The van der Waals surface area contributed by atoms with E-state index < -0.39 is 0 Å². The van der Waals surface area contributed by atoms with E-state index in [1.54, 1.807) is 14.1 Å². The first kappa shape index (κ1) is 12.1. The summed E-state index contributed by atoms with van der Waals surface area (Å²) in [6.07, 6.45) is 4.30. The third-order valence-electron chi connectivity index (χ3n) is 2.60. The molecule has 0 saturated carbocycles. The third kappa shape index (κ3) is 2.18. The summed E-state index contributed by atoms with van der Waals surface area (Å²) in [5, 5.41) is 0. The predicted octanol–water partition coefficient (Wildman–Crippen LogP) is 1.83. The predicted molar refractivity (Wildman–Crippen MR) is 70.9 cm³/mol. The summed E-state index contributed by atoms with van der Waals surface area (Å²) in [7, 11) is 3.38. The lowest BCUT2D eigenvalue weighted by molar-refractivity contribution is 0.0829. The Kier molecular flexibility index (Phi) is 3.28. The lowest BCUT2D eigenvalue weighted by atomic mass is 10.00. The Morgan fingerprint density at radius 3 is 2.56 bits per heavy atom. The van der Waals surface area contributed by atoms with Crippen molar-refractivity contribution in [1.29, 1.82) is 0 Å². The van der Waals surface area contributed by atoms with Gasteiger partial charge in [0.1, 0.15) is 0 Å². The number of carbonyl (C=O) groups is 1. The van der Waals surface area contributed by atoms with Gasteiger partial charge in [0.15, 0.2) is 0 Å². The van der Waals surface area contributed by atoms with E-state index in [1.165, 1.54) is 11.1 Å². The molecule has 1 aromatic carbocycles. The summed E-state index contributed by atoms with van der Waals surface area (Å²) in [5.41, 5.74) is 8.19. The average Bonchev–Trinajstić information content (AvgIpc) is 2.38. The van der Waals surface area contributed by atoms with Crippen LogP contribution < -0.4 is 5.73 Å². The van der Waals surface area contributed by atoms with E-state index in [-0.39, 0.29) is 5.91 Å². The molecule has 1 heterocycles. The molecule has 4 heteroatoms. The molecule has 1 radical (unpaired) electrons. The van der Waals surface area contributed by atoms with E-state index >= 15 is 0 Å². The highest BCUT2D eigenvalue weighted by Crippen LogP contribution is 2.26. The van der Waals surface area contributed by atoms with Gasteiger partial charge in [-0.3, -0.25) is 9.78 Å². The van der Waals surface area contributed by atoms with E-state index in [0.717, 1.165) is 5.56 Å². The zero-order valence-electron chi connectivity index (χ0n) is 10.3. The molecule has 0 atom stereocenters. The van der Waals surface area contributed by atoms with Crippen LogP contribution in [0.1, 0.15) is 10.4 Å². The molecule has 0 bridgehead atoms. The van der Waals surface area contributed by atoms with Gasteiger partial charge in [0.2, 0.25) is 0 Å². The normalized spacial score (nSPS) is 10.1. The molecule has 0 aliphatic rings. The van der Waals surface area contributed by atoms with Crippen molar-refractivity contribution in [3.63, 3.8) is 0 Å². The molecule has 2 N–H and O–H groups in total. The van der Waals surface area contributed by atoms with Gasteiger partial charge in [-0.25, -0.2) is 0 Å². The van der Waals surface area contributed by atoms with Crippen LogP contribution in [0.3, 0.4) is 0 Å². The Hall–Kier alpha value is -2.36. The molecule has 1 aromatic heterocycles. The van der Waals surface area contributed by atoms with Gasteiger partial charge in [-0.05, 0) is 5.56 Å². The number of hydrogen-bond acceptors (Lipinski definition) is 3. The van der Waals surface area contributed by atoms with Crippen molar-refractivity contribution in [2.24, 2.45) is 0 Å². The van der Waals surface area contributed by atoms with Crippen LogP contribution in [0.2, 0.25) is 0 Å². The Morgan fingerprint density at radius 2 is 1.94 bits per heavy atom. The van der Waals surface area contributed by atoms with Gasteiger partial charge >= 0.3 is 0 Å². The number of rotatable bonds is 2. The molecule has 0 saturated heterocycles. The van der Waals surface area contributed by atoms with Gasteiger partial charge in [-0.1, -0.05) is 30.3 Å². The number of pyridine rings is 1. The fourth-order valence-electron chi connectivity index (χ4n) is 1.70. The summed E-state index contributed by atoms with van der Waals surface area (Å²) in [6.45, 7) is 0. The molecule has 2 rings (SSSR count). The Balaban J connectivity index is 2.62. The monoisotopic (exact) mass is 240 g/mol. The second kappa shape index (κ2) is 4.87. The zero-order chi connectivity index (χ0) is 13.1. The molecule has 0 aliphatic heterocycles. The molecular weight excluding hydrogens is 226 g/mol. The summed E-state index contributed by atoms with van der Waals surface area (Å²) in [5.74, 6) is -0.148. The fourth-order valence-corrected chi connectivity index (χ4v) is 1.70. The van der Waals surface area contributed by atoms with E-state index in [4.69, 9.17) is 5.73 Å². The molecular formula is C14H14N3O. The van der Waals surface area contributed by atoms with Crippen molar-refractivity contribution in [2.75, 3.05) is 19.8 Å². The Labute approximate surface area is 106 Å². The van der Waals surface area contributed by atoms with Crippen LogP contribution in [-0.2, 0) is 0 Å². The highest BCUT2D eigenvalue weighted by atomic mass is 16.2. The number of hydrogen-bond donors (Lipinski definition) is 1. The number of aromatic nitrogens is 1. The van der Waals surface area contributed by atoms with Gasteiger partial charge < -0.3 is 10.6 Å². The number of carbonyl (C=O) groups excluding carboxylic acids is 1. The highest BCUT2D eigenvalue weighted by molar-refractivity contribution is 6.04. The zero-order valence-corrected chi connectivity index (χ0v) is 10.3. The first-order chi connectivity index (χ1) is 8.61. The van der Waals surface area contributed by atoms with Crippen LogP contribution in [0.15, 0.2) is 36.5 Å². The molecule has 18 heavy (non-hydrogen) atoms. The SMILES string of the molecule is CN(C)C(=O)c1c(-c2ccccc2)[c]ncc1N. The topological polar surface area (TPSA) is 59.2 Å². The van der Waals surface area contributed by atoms with Crippen molar-refractivity contribution < 1.29 is 4.79 Å². The maximum atomic E-state index is 12.2. The maximum absolute atomic E-state index is 12.2. The first-order valence-corrected chi connectivity index (χ1v) is 5.54. The molecule has 4 nitrogen and oxygen atoms in total. The number of nitrogens with two attached hydrogens (primary N) is 1. The minimum absolute atomic E-state index is 0.148. The summed E-state index contributed by atoms with van der Waals surface area (Å²) < 4.78 is 0. The lowest BCUT2D eigenvalue weighted by Crippen LogP contribution is -2.23. The van der Waals surface area contributed by atoms with Gasteiger partial charge in [-0.2, -0.15) is 0 Å². The quantitative estimate of drug-likeness (QED) is 0.871. The number of nitrogen functional groups attached to an aromatic ring is 1. The standard InChI is InChI=1S/C14H14N3O/c1-17(2)14(18)13-11(8-16-9-12(13)15)10-6-4-3-5-7-10/h3-7,9H,15H2,1-2H3. The van der Waals surface area contributed by atoms with Crippen molar-refractivity contribution in [3.8, 4) is 11.1 Å². The van der Waals surface area contributed by atoms with E-state index in [1.807, 2.05) is 30.3 Å². The molecule has 0 unspecified atom stereocenters. The van der Waals surface area contributed by atoms with Gasteiger partial charge in [0.25, 0.3) is 5.91 Å². The fraction of sp³-hybridized carbons (Fsp3) is 0.143. The van der Waals surface area contributed by atoms with Crippen molar-refractivity contribution in [2.45, 2.75) is 0 Å². The highest BCUT2D eigenvalue weighted by Gasteiger charge is 2.18. The average molecular weight is 240 g/mol. The second-order valence-corrected chi connectivity index (χ2v) is 4.14. The number of amides is 1. The molecule has 0 aliphatic carbocycles. The van der Waals surface area contributed by atoms with Crippen molar-refractivity contribution in [1.82, 2.24) is 9.88 Å². The van der Waals surface area contributed by atoms with Crippen LogP contribution in [0.25, 0.3) is 11.1 Å². The Morgan fingerprint density at radius 1 is 1.28 bits per heavy atom. The molecule has 2 aromatic rings. The van der Waals surface area contributed by atoms with E-state index in [2.05, 4.69) is 11.2 Å². The van der Waals surface area contributed by atoms with Crippen LogP contribution in [0.4, 0.5) is 5.69 Å². The number of anilines is 1. The number of benzene rings is 1. The Bertz CT molecular complexity index is 565. The van der Waals surface area contributed by atoms with Crippen LogP contribution in [0, 0.1) is 6.20 Å². The molecule has 0 fully saturated rings. The van der Waals surface area contributed by atoms with Crippen LogP contribution >= 0.6 is 0 Å². The summed E-state index contributed by atoms with van der Waals surface area (Å²) in [6, 6.07) is 9.52. The summed E-state index contributed by atoms with van der Waals surface area (Å²) >= 11 is 0.